The number of carboxylic acids is 1. The van der Waals surface area contributed by atoms with Gasteiger partial charge >= 0.3 is 12.0 Å². The van der Waals surface area contributed by atoms with E-state index < -0.39 is 12.0 Å². The van der Waals surface area contributed by atoms with Gasteiger partial charge in [0.25, 0.3) is 0 Å². The smallest absolute Gasteiger partial charge is 0.326 e. The molecule has 0 bridgehead atoms. The predicted molar refractivity (Wildman–Crippen MR) is 136 cm³/mol. The number of hydrogen-bond acceptors (Lipinski definition) is 5. The van der Waals surface area contributed by atoms with Gasteiger partial charge in [-0.2, -0.15) is 0 Å². The number of pyridine rings is 2. The Morgan fingerprint density at radius 1 is 1.06 bits per heavy atom. The van der Waals surface area contributed by atoms with Crippen LogP contribution in [0.2, 0.25) is 0 Å². The first-order chi connectivity index (χ1) is 17.4. The third kappa shape index (κ3) is 6.44. The number of carboxylic acid groups (broad SMARTS) is 1. The maximum atomic E-state index is 13.2. The predicted octanol–water partition coefficient (Wildman–Crippen LogP) is 4.61. The molecule has 2 aromatic heterocycles. The molecule has 186 valence electrons. The molecule has 36 heavy (non-hydrogen) atoms. The fourth-order valence-electron chi connectivity index (χ4n) is 4.44. The standard InChI is InChI=1S/C27H29N5O4/c1-18(14-26(34)35)20-6-4-7-21(16-20)22-8-5-13-32(22)25(33)15-19-10-11-24(29-17-19)31-27(36)30-23-9-2-3-12-28-23/h2-4,6-7,9-12,16-18,22H,5,8,13-15H2,1H3,(H,34,35)(H2,28,29,30,31,36). The summed E-state index contributed by atoms with van der Waals surface area (Å²) in [6.45, 7) is 2.58. The molecule has 9 heteroatoms. The molecule has 2 unspecified atom stereocenters. The molecular weight excluding hydrogens is 458 g/mol. The van der Waals surface area contributed by atoms with Crippen LogP contribution >= 0.6 is 0 Å². The minimum Gasteiger partial charge on any atom is -0.481 e. The van der Waals surface area contributed by atoms with Gasteiger partial charge < -0.3 is 10.0 Å². The summed E-state index contributed by atoms with van der Waals surface area (Å²) in [6.07, 6.45) is 5.24. The highest BCUT2D eigenvalue weighted by atomic mass is 16.4. The summed E-state index contributed by atoms with van der Waals surface area (Å²) >= 11 is 0. The molecule has 3 heterocycles. The van der Waals surface area contributed by atoms with Gasteiger partial charge in [0.15, 0.2) is 0 Å². The molecule has 3 amide bonds. The quantitative estimate of drug-likeness (QED) is 0.426. The fraction of sp³-hybridized carbons (Fsp3) is 0.296. The van der Waals surface area contributed by atoms with Gasteiger partial charge in [0, 0.05) is 18.9 Å². The van der Waals surface area contributed by atoms with Gasteiger partial charge in [0.05, 0.1) is 18.9 Å². The summed E-state index contributed by atoms with van der Waals surface area (Å²) in [6, 6.07) is 16.1. The SMILES string of the molecule is CC(CC(=O)O)c1cccc(C2CCCN2C(=O)Cc2ccc(NC(=O)Nc3ccccn3)nc2)c1. The molecule has 0 saturated carbocycles. The number of urea groups is 1. The zero-order valence-corrected chi connectivity index (χ0v) is 20.1. The summed E-state index contributed by atoms with van der Waals surface area (Å²) < 4.78 is 0. The molecular formula is C27H29N5O4. The lowest BCUT2D eigenvalue weighted by atomic mass is 9.93. The van der Waals surface area contributed by atoms with Crippen molar-refractivity contribution >= 4 is 29.5 Å². The van der Waals surface area contributed by atoms with E-state index >= 15 is 0 Å². The van der Waals surface area contributed by atoms with Crippen molar-refractivity contribution in [3.63, 3.8) is 0 Å². The van der Waals surface area contributed by atoms with Crippen molar-refractivity contribution in [2.24, 2.45) is 0 Å². The van der Waals surface area contributed by atoms with Crippen LogP contribution in [-0.4, -0.2) is 44.4 Å². The summed E-state index contributed by atoms with van der Waals surface area (Å²) in [5.74, 6) is -0.117. The van der Waals surface area contributed by atoms with E-state index in [0.717, 1.165) is 29.5 Å². The highest BCUT2D eigenvalue weighted by Crippen LogP contribution is 2.34. The van der Waals surface area contributed by atoms with E-state index in [2.05, 4.69) is 20.6 Å². The molecule has 2 atom stereocenters. The van der Waals surface area contributed by atoms with Crippen LogP contribution in [0.5, 0.6) is 0 Å². The normalized spacial score (nSPS) is 15.8. The first-order valence-corrected chi connectivity index (χ1v) is 11.9. The van der Waals surface area contributed by atoms with Crippen molar-refractivity contribution in [2.75, 3.05) is 17.2 Å². The van der Waals surface area contributed by atoms with Crippen molar-refractivity contribution < 1.29 is 19.5 Å². The van der Waals surface area contributed by atoms with Crippen molar-refractivity contribution in [1.29, 1.82) is 0 Å². The number of aromatic nitrogens is 2. The van der Waals surface area contributed by atoms with E-state index in [-0.39, 0.29) is 30.7 Å². The molecule has 0 spiro atoms. The van der Waals surface area contributed by atoms with Gasteiger partial charge in [-0.25, -0.2) is 14.8 Å². The number of carbonyl (C=O) groups is 3. The van der Waals surface area contributed by atoms with Crippen LogP contribution in [-0.2, 0) is 16.0 Å². The molecule has 0 aliphatic carbocycles. The van der Waals surface area contributed by atoms with E-state index in [1.807, 2.05) is 36.1 Å². The van der Waals surface area contributed by atoms with Crippen LogP contribution < -0.4 is 10.6 Å². The Morgan fingerprint density at radius 3 is 2.56 bits per heavy atom. The number of anilines is 2. The Bertz CT molecular complexity index is 1220. The first kappa shape index (κ1) is 24.8. The van der Waals surface area contributed by atoms with E-state index in [9.17, 15) is 14.4 Å². The lowest BCUT2D eigenvalue weighted by Gasteiger charge is -2.26. The first-order valence-electron chi connectivity index (χ1n) is 11.9. The van der Waals surface area contributed by atoms with Crippen LogP contribution in [0.3, 0.4) is 0 Å². The number of benzene rings is 1. The maximum absolute atomic E-state index is 13.2. The molecule has 3 aromatic rings. The molecule has 1 aliphatic heterocycles. The van der Waals surface area contributed by atoms with Gasteiger partial charge in [-0.05, 0) is 53.6 Å². The minimum atomic E-state index is -0.825. The number of hydrogen-bond donors (Lipinski definition) is 3. The molecule has 0 radical (unpaired) electrons. The number of nitrogens with zero attached hydrogens (tertiary/aromatic N) is 3. The van der Waals surface area contributed by atoms with Crippen LogP contribution in [0.4, 0.5) is 16.4 Å². The second-order valence-electron chi connectivity index (χ2n) is 8.94. The van der Waals surface area contributed by atoms with E-state index in [1.165, 1.54) is 0 Å². The summed E-state index contributed by atoms with van der Waals surface area (Å²) in [5.41, 5.74) is 2.76. The Hall–Kier alpha value is -4.27. The summed E-state index contributed by atoms with van der Waals surface area (Å²) in [4.78, 5) is 46.6. The van der Waals surface area contributed by atoms with Gasteiger partial charge in [0.2, 0.25) is 5.91 Å². The lowest BCUT2D eigenvalue weighted by molar-refractivity contribution is -0.137. The largest absolute Gasteiger partial charge is 0.481 e. The number of aliphatic carboxylic acids is 1. The number of likely N-dealkylation sites (tertiary alicyclic amines) is 1. The Balaban J connectivity index is 1.36. The fourth-order valence-corrected chi connectivity index (χ4v) is 4.44. The molecule has 4 rings (SSSR count). The maximum Gasteiger partial charge on any atom is 0.326 e. The van der Waals surface area contributed by atoms with Crippen molar-refractivity contribution in [1.82, 2.24) is 14.9 Å². The third-order valence-corrected chi connectivity index (χ3v) is 6.25. The summed E-state index contributed by atoms with van der Waals surface area (Å²) in [7, 11) is 0. The average molecular weight is 488 g/mol. The number of amides is 3. The number of rotatable bonds is 8. The highest BCUT2D eigenvalue weighted by molar-refractivity contribution is 5.98. The molecule has 1 aromatic carbocycles. The van der Waals surface area contributed by atoms with Gasteiger partial charge in [-0.3, -0.25) is 20.2 Å². The molecule has 3 N–H and O–H groups in total. The monoisotopic (exact) mass is 487 g/mol. The Labute approximate surface area is 209 Å². The van der Waals surface area contributed by atoms with Crippen LogP contribution in [0.1, 0.15) is 54.8 Å². The zero-order valence-electron chi connectivity index (χ0n) is 20.1. The minimum absolute atomic E-state index is 0.0110. The van der Waals surface area contributed by atoms with Gasteiger partial charge in [-0.15, -0.1) is 0 Å². The van der Waals surface area contributed by atoms with Crippen molar-refractivity contribution in [2.45, 2.75) is 44.6 Å². The van der Waals surface area contributed by atoms with Gasteiger partial charge in [0.1, 0.15) is 11.6 Å². The number of nitrogens with one attached hydrogen (secondary N) is 2. The van der Waals surface area contributed by atoms with Gasteiger partial charge in [-0.1, -0.05) is 43.3 Å². The molecule has 1 fully saturated rings. The van der Waals surface area contributed by atoms with E-state index in [0.29, 0.717) is 18.2 Å². The third-order valence-electron chi connectivity index (χ3n) is 6.25. The van der Waals surface area contributed by atoms with Crippen LogP contribution in [0, 0.1) is 0 Å². The van der Waals surface area contributed by atoms with Crippen LogP contribution in [0.25, 0.3) is 0 Å². The van der Waals surface area contributed by atoms with E-state index in [1.54, 1.807) is 42.7 Å². The second-order valence-corrected chi connectivity index (χ2v) is 8.94. The lowest BCUT2D eigenvalue weighted by Crippen LogP contribution is -2.32. The average Bonchev–Trinajstić information content (AvgIpc) is 3.36. The topological polar surface area (TPSA) is 125 Å². The zero-order chi connectivity index (χ0) is 25.5. The molecule has 1 aliphatic rings. The van der Waals surface area contributed by atoms with Crippen molar-refractivity contribution in [3.8, 4) is 0 Å². The summed E-state index contributed by atoms with van der Waals surface area (Å²) in [5, 5.41) is 14.4. The van der Waals surface area contributed by atoms with E-state index in [4.69, 9.17) is 5.11 Å². The Kier molecular flexibility index (Phi) is 7.89. The van der Waals surface area contributed by atoms with Crippen LogP contribution in [0.15, 0.2) is 67.0 Å². The highest BCUT2D eigenvalue weighted by Gasteiger charge is 2.30. The number of carbonyl (C=O) groups excluding carboxylic acids is 2. The molecule has 1 saturated heterocycles. The molecule has 9 nitrogen and oxygen atoms in total. The Morgan fingerprint density at radius 2 is 1.86 bits per heavy atom. The second kappa shape index (κ2) is 11.4. The van der Waals surface area contributed by atoms with Crippen molar-refractivity contribution in [3.05, 3.63) is 83.7 Å².